The summed E-state index contributed by atoms with van der Waals surface area (Å²) in [4.78, 5) is 13.4. The third-order valence-corrected chi connectivity index (χ3v) is 3.78. The minimum Gasteiger partial charge on any atom is -0.354 e. The highest BCUT2D eigenvalue weighted by atomic mass is 16.5. The summed E-state index contributed by atoms with van der Waals surface area (Å²) >= 11 is 0. The van der Waals surface area contributed by atoms with Crippen molar-refractivity contribution in [2.24, 2.45) is 0 Å². The number of hydrogen-bond acceptors (Lipinski definition) is 3. The summed E-state index contributed by atoms with van der Waals surface area (Å²) in [6.07, 6.45) is 1.69. The molecule has 0 aromatic heterocycles. The van der Waals surface area contributed by atoms with E-state index in [1.165, 1.54) is 11.1 Å². The number of nitrogens with one attached hydrogen (secondary N) is 1. The largest absolute Gasteiger partial charge is 0.354 e. The molecule has 4 heteroatoms. The lowest BCUT2D eigenvalue weighted by atomic mass is 9.97. The van der Waals surface area contributed by atoms with E-state index in [1.807, 2.05) is 20.0 Å². The van der Waals surface area contributed by atoms with Crippen LogP contribution in [0.1, 0.15) is 30.6 Å². The predicted octanol–water partition coefficient (Wildman–Crippen LogP) is 1.60. The van der Waals surface area contributed by atoms with Crippen LogP contribution in [-0.2, 0) is 16.0 Å². The second kappa shape index (κ2) is 4.37. The lowest BCUT2D eigenvalue weighted by Crippen LogP contribution is -2.31. The average Bonchev–Trinajstić information content (AvgIpc) is 2.80. The van der Waals surface area contributed by atoms with E-state index in [0.29, 0.717) is 6.42 Å². The molecule has 1 saturated heterocycles. The van der Waals surface area contributed by atoms with Crippen molar-refractivity contribution in [3.05, 3.63) is 29.3 Å². The number of nitrogens with zero attached hydrogens (tertiary/aromatic N) is 1. The van der Waals surface area contributed by atoms with Crippen molar-refractivity contribution in [3.8, 4) is 0 Å². The molecular weight excluding hydrogens is 228 g/mol. The van der Waals surface area contributed by atoms with Crippen molar-refractivity contribution < 1.29 is 9.53 Å². The van der Waals surface area contributed by atoms with Gasteiger partial charge in [-0.3, -0.25) is 10.1 Å². The molecule has 18 heavy (non-hydrogen) atoms. The molecule has 2 heterocycles. The van der Waals surface area contributed by atoms with Crippen LogP contribution in [0.4, 0.5) is 5.69 Å². The van der Waals surface area contributed by atoms with Gasteiger partial charge in [0.2, 0.25) is 5.91 Å². The van der Waals surface area contributed by atoms with Crippen LogP contribution < -0.4 is 10.2 Å². The number of benzene rings is 1. The Morgan fingerprint density at radius 1 is 1.39 bits per heavy atom. The number of amides is 1. The van der Waals surface area contributed by atoms with Gasteiger partial charge in [-0.05, 0) is 30.5 Å². The van der Waals surface area contributed by atoms with Gasteiger partial charge in [-0.25, -0.2) is 0 Å². The van der Waals surface area contributed by atoms with Crippen molar-refractivity contribution in [1.29, 1.82) is 0 Å². The molecule has 0 bridgehead atoms. The third-order valence-electron chi connectivity index (χ3n) is 3.78. The van der Waals surface area contributed by atoms with E-state index in [-0.39, 0.29) is 18.2 Å². The molecule has 2 unspecified atom stereocenters. The molecule has 4 nitrogen and oxygen atoms in total. The van der Waals surface area contributed by atoms with Gasteiger partial charge in [0.05, 0.1) is 6.10 Å². The van der Waals surface area contributed by atoms with Gasteiger partial charge in [-0.2, -0.15) is 0 Å². The van der Waals surface area contributed by atoms with Crippen LogP contribution >= 0.6 is 0 Å². The zero-order valence-corrected chi connectivity index (χ0v) is 10.8. The maximum absolute atomic E-state index is 11.6. The number of ether oxygens (including phenoxy) is 1. The summed E-state index contributed by atoms with van der Waals surface area (Å²) < 4.78 is 5.79. The van der Waals surface area contributed by atoms with Crippen LogP contribution in [0.5, 0.6) is 0 Å². The fraction of sp³-hybridized carbons (Fsp3) is 0.500. The first kappa shape index (κ1) is 11.7. The summed E-state index contributed by atoms with van der Waals surface area (Å²) in [5, 5.41) is 3.28. The minimum atomic E-state index is 0.121. The summed E-state index contributed by atoms with van der Waals surface area (Å²) in [6.45, 7) is 2.87. The first-order chi connectivity index (χ1) is 8.65. The molecule has 1 aromatic rings. The van der Waals surface area contributed by atoms with Gasteiger partial charge in [0, 0.05) is 25.7 Å². The van der Waals surface area contributed by atoms with Crippen molar-refractivity contribution in [2.45, 2.75) is 32.1 Å². The molecule has 96 valence electrons. The molecule has 0 spiro atoms. The van der Waals surface area contributed by atoms with Crippen LogP contribution in [0.3, 0.4) is 0 Å². The SMILES string of the molecule is CC1NCC(c2ccc3c(c2)CCC(=O)N3C)O1. The Bertz CT molecular complexity index is 487. The Balaban J connectivity index is 1.90. The molecule has 0 aliphatic carbocycles. The molecule has 0 saturated carbocycles. The van der Waals surface area contributed by atoms with Crippen molar-refractivity contribution in [1.82, 2.24) is 5.32 Å². The van der Waals surface area contributed by atoms with E-state index < -0.39 is 0 Å². The molecule has 0 radical (unpaired) electrons. The zero-order valence-electron chi connectivity index (χ0n) is 10.8. The van der Waals surface area contributed by atoms with Crippen LogP contribution in [0.2, 0.25) is 0 Å². The summed E-state index contributed by atoms with van der Waals surface area (Å²) in [5.74, 6) is 0.197. The molecule has 1 fully saturated rings. The predicted molar refractivity (Wildman–Crippen MR) is 69.5 cm³/mol. The molecule has 1 amide bonds. The first-order valence-corrected chi connectivity index (χ1v) is 6.43. The molecule has 2 atom stereocenters. The van der Waals surface area contributed by atoms with E-state index in [2.05, 4.69) is 17.4 Å². The summed E-state index contributed by atoms with van der Waals surface area (Å²) in [5.41, 5.74) is 3.49. The first-order valence-electron chi connectivity index (χ1n) is 6.43. The standard InChI is InChI=1S/C14H18N2O2/c1-9-15-8-13(18-9)11-3-5-12-10(7-11)4-6-14(17)16(12)2/h3,5,7,9,13,15H,4,6,8H2,1-2H3. The van der Waals surface area contributed by atoms with Gasteiger partial charge < -0.3 is 9.64 Å². The lowest BCUT2D eigenvalue weighted by Gasteiger charge is -2.26. The topological polar surface area (TPSA) is 41.6 Å². The normalized spacial score (nSPS) is 27.4. The third kappa shape index (κ3) is 1.91. The van der Waals surface area contributed by atoms with Crippen LogP contribution in [0, 0.1) is 0 Å². The van der Waals surface area contributed by atoms with Gasteiger partial charge in [0.1, 0.15) is 6.23 Å². The fourth-order valence-electron chi connectivity index (χ4n) is 2.69. The lowest BCUT2D eigenvalue weighted by molar-refractivity contribution is -0.118. The molecule has 2 aliphatic rings. The number of carbonyl (C=O) groups is 1. The monoisotopic (exact) mass is 246 g/mol. The Morgan fingerprint density at radius 3 is 2.94 bits per heavy atom. The van der Waals surface area contributed by atoms with Gasteiger partial charge in [-0.1, -0.05) is 12.1 Å². The fourth-order valence-corrected chi connectivity index (χ4v) is 2.69. The van der Waals surface area contributed by atoms with Crippen LogP contribution in [0.15, 0.2) is 18.2 Å². The van der Waals surface area contributed by atoms with Gasteiger partial charge in [0.25, 0.3) is 0 Å². The zero-order chi connectivity index (χ0) is 12.7. The summed E-state index contributed by atoms with van der Waals surface area (Å²) in [6, 6.07) is 6.29. The Labute approximate surface area is 107 Å². The van der Waals surface area contributed by atoms with Gasteiger partial charge in [0.15, 0.2) is 0 Å². The average molecular weight is 246 g/mol. The Hall–Kier alpha value is -1.39. The molecule has 1 N–H and O–H groups in total. The van der Waals surface area contributed by atoms with Crippen LogP contribution in [-0.4, -0.2) is 25.7 Å². The quantitative estimate of drug-likeness (QED) is 0.818. The second-order valence-electron chi connectivity index (χ2n) is 5.02. The van der Waals surface area contributed by atoms with E-state index in [0.717, 1.165) is 18.7 Å². The van der Waals surface area contributed by atoms with Crippen molar-refractivity contribution in [3.63, 3.8) is 0 Å². The van der Waals surface area contributed by atoms with Crippen LogP contribution in [0.25, 0.3) is 0 Å². The highest BCUT2D eigenvalue weighted by Gasteiger charge is 2.25. The molecular formula is C14H18N2O2. The van der Waals surface area contributed by atoms with Crippen molar-refractivity contribution >= 4 is 11.6 Å². The van der Waals surface area contributed by atoms with E-state index in [1.54, 1.807) is 4.90 Å². The molecule has 2 aliphatic heterocycles. The maximum atomic E-state index is 11.6. The highest BCUT2D eigenvalue weighted by molar-refractivity contribution is 5.95. The van der Waals surface area contributed by atoms with Gasteiger partial charge >= 0.3 is 0 Å². The maximum Gasteiger partial charge on any atom is 0.227 e. The van der Waals surface area contributed by atoms with E-state index in [4.69, 9.17) is 4.74 Å². The number of fused-ring (bicyclic) bond motifs is 1. The number of carbonyl (C=O) groups excluding carboxylic acids is 1. The molecule has 1 aromatic carbocycles. The number of anilines is 1. The van der Waals surface area contributed by atoms with Gasteiger partial charge in [-0.15, -0.1) is 0 Å². The Morgan fingerprint density at radius 2 is 2.22 bits per heavy atom. The number of rotatable bonds is 1. The number of hydrogen-bond donors (Lipinski definition) is 1. The number of aryl methyl sites for hydroxylation is 1. The minimum absolute atomic E-state index is 0.121. The second-order valence-corrected chi connectivity index (χ2v) is 5.02. The summed E-state index contributed by atoms with van der Waals surface area (Å²) in [7, 11) is 1.84. The highest BCUT2D eigenvalue weighted by Crippen LogP contribution is 2.31. The molecule has 3 rings (SSSR count). The van der Waals surface area contributed by atoms with E-state index in [9.17, 15) is 4.79 Å². The van der Waals surface area contributed by atoms with E-state index >= 15 is 0 Å². The Kier molecular flexibility index (Phi) is 2.84. The smallest absolute Gasteiger partial charge is 0.227 e. The van der Waals surface area contributed by atoms with Crippen molar-refractivity contribution in [2.75, 3.05) is 18.5 Å².